The summed E-state index contributed by atoms with van der Waals surface area (Å²) in [7, 11) is 0. The van der Waals surface area contributed by atoms with E-state index in [1.807, 2.05) is 6.07 Å². The number of carboxylic acid groups (broad SMARTS) is 1. The third-order valence-electron chi connectivity index (χ3n) is 3.21. The Kier molecular flexibility index (Phi) is 4.20. The summed E-state index contributed by atoms with van der Waals surface area (Å²) in [5.74, 6) is -0.927. The Labute approximate surface area is 116 Å². The molecule has 1 fully saturated rings. The van der Waals surface area contributed by atoms with Crippen molar-refractivity contribution >= 4 is 11.9 Å². The Morgan fingerprint density at radius 2 is 2.00 bits per heavy atom. The van der Waals surface area contributed by atoms with Gasteiger partial charge in [-0.15, -0.1) is 0 Å². The Morgan fingerprint density at radius 1 is 1.35 bits per heavy atom. The second kappa shape index (κ2) is 6.06. The Hall–Kier alpha value is -2.55. The normalized spacial score (nSPS) is 20.4. The molecule has 0 aliphatic heterocycles. The summed E-state index contributed by atoms with van der Waals surface area (Å²) < 4.78 is 5.27. The van der Waals surface area contributed by atoms with Crippen molar-refractivity contribution in [2.45, 2.75) is 18.9 Å². The summed E-state index contributed by atoms with van der Waals surface area (Å²) in [5, 5.41) is 20.1. The number of carboxylic acids is 1. The van der Waals surface area contributed by atoms with Crippen LogP contribution in [0.25, 0.3) is 0 Å². The monoisotopic (exact) mass is 274 g/mol. The van der Waals surface area contributed by atoms with Crippen LogP contribution in [-0.2, 0) is 9.59 Å². The van der Waals surface area contributed by atoms with Crippen LogP contribution in [0.2, 0.25) is 0 Å². The van der Waals surface area contributed by atoms with E-state index in [0.29, 0.717) is 24.2 Å². The van der Waals surface area contributed by atoms with E-state index >= 15 is 0 Å². The van der Waals surface area contributed by atoms with Crippen LogP contribution in [-0.4, -0.2) is 29.6 Å². The van der Waals surface area contributed by atoms with E-state index in [1.54, 1.807) is 24.3 Å². The first-order chi connectivity index (χ1) is 9.58. The lowest BCUT2D eigenvalue weighted by atomic mass is 9.80. The molecular formula is C14H14N2O4. The number of nitriles is 1. The van der Waals surface area contributed by atoms with E-state index in [1.165, 1.54) is 0 Å². The molecule has 1 amide bonds. The molecule has 1 aliphatic rings. The number of ether oxygens (including phenoxy) is 1. The van der Waals surface area contributed by atoms with E-state index in [0.717, 1.165) is 0 Å². The summed E-state index contributed by atoms with van der Waals surface area (Å²) >= 11 is 0. The van der Waals surface area contributed by atoms with Crippen LogP contribution in [0.1, 0.15) is 18.4 Å². The molecule has 0 atom stereocenters. The first kappa shape index (κ1) is 13.9. The van der Waals surface area contributed by atoms with Gasteiger partial charge in [-0.25, -0.2) is 0 Å². The van der Waals surface area contributed by atoms with Crippen molar-refractivity contribution in [3.63, 3.8) is 0 Å². The molecule has 0 unspecified atom stereocenters. The molecule has 104 valence electrons. The highest BCUT2D eigenvalue weighted by atomic mass is 16.5. The molecule has 1 aliphatic carbocycles. The third-order valence-corrected chi connectivity index (χ3v) is 3.21. The molecule has 0 spiro atoms. The SMILES string of the molecule is N#Cc1ccc(OCC(=O)NC2CC(C(=O)O)C2)cc1. The first-order valence-electron chi connectivity index (χ1n) is 6.23. The zero-order valence-corrected chi connectivity index (χ0v) is 10.7. The van der Waals surface area contributed by atoms with Crippen LogP contribution in [0.3, 0.4) is 0 Å². The summed E-state index contributed by atoms with van der Waals surface area (Å²) in [6.45, 7) is -0.125. The molecule has 0 saturated heterocycles. The minimum absolute atomic E-state index is 0.0758. The topological polar surface area (TPSA) is 99.4 Å². The molecule has 1 aromatic rings. The molecule has 0 bridgehead atoms. The van der Waals surface area contributed by atoms with E-state index in [2.05, 4.69) is 5.32 Å². The minimum Gasteiger partial charge on any atom is -0.484 e. The van der Waals surface area contributed by atoms with Crippen molar-refractivity contribution in [1.29, 1.82) is 5.26 Å². The third kappa shape index (κ3) is 3.48. The number of hydrogen-bond donors (Lipinski definition) is 2. The molecule has 0 radical (unpaired) electrons. The van der Waals surface area contributed by atoms with E-state index in [9.17, 15) is 9.59 Å². The van der Waals surface area contributed by atoms with Crippen LogP contribution in [0, 0.1) is 17.2 Å². The van der Waals surface area contributed by atoms with E-state index in [4.69, 9.17) is 15.1 Å². The highest BCUT2D eigenvalue weighted by Gasteiger charge is 2.35. The molecule has 2 rings (SSSR count). The van der Waals surface area contributed by atoms with Crippen LogP contribution in [0.5, 0.6) is 5.75 Å². The second-order valence-electron chi connectivity index (χ2n) is 4.70. The minimum atomic E-state index is -0.815. The van der Waals surface area contributed by atoms with Gasteiger partial charge in [-0.05, 0) is 37.1 Å². The highest BCUT2D eigenvalue weighted by Crippen LogP contribution is 2.27. The average Bonchev–Trinajstić information content (AvgIpc) is 2.40. The van der Waals surface area contributed by atoms with Gasteiger partial charge in [0, 0.05) is 6.04 Å². The maximum Gasteiger partial charge on any atom is 0.306 e. The predicted octanol–water partition coefficient (Wildman–Crippen LogP) is 0.916. The number of benzene rings is 1. The Bertz CT molecular complexity index is 541. The van der Waals surface area contributed by atoms with Gasteiger partial charge in [0.05, 0.1) is 17.6 Å². The van der Waals surface area contributed by atoms with Gasteiger partial charge in [-0.1, -0.05) is 0 Å². The number of carbonyl (C=O) groups is 2. The Morgan fingerprint density at radius 3 is 2.55 bits per heavy atom. The molecule has 0 heterocycles. The van der Waals surface area contributed by atoms with Crippen molar-refractivity contribution in [2.24, 2.45) is 5.92 Å². The number of carbonyl (C=O) groups excluding carboxylic acids is 1. The number of aliphatic carboxylic acids is 1. The zero-order chi connectivity index (χ0) is 14.5. The summed E-state index contributed by atoms with van der Waals surface area (Å²) in [5.41, 5.74) is 0.524. The van der Waals surface area contributed by atoms with Gasteiger partial charge >= 0.3 is 5.97 Å². The van der Waals surface area contributed by atoms with Crippen molar-refractivity contribution in [3.8, 4) is 11.8 Å². The van der Waals surface area contributed by atoms with Crippen molar-refractivity contribution in [2.75, 3.05) is 6.61 Å². The number of amides is 1. The molecule has 2 N–H and O–H groups in total. The quantitative estimate of drug-likeness (QED) is 0.831. The van der Waals surface area contributed by atoms with Crippen LogP contribution in [0.4, 0.5) is 0 Å². The first-order valence-corrected chi connectivity index (χ1v) is 6.23. The van der Waals surface area contributed by atoms with Gasteiger partial charge < -0.3 is 15.2 Å². The van der Waals surface area contributed by atoms with Crippen LogP contribution in [0.15, 0.2) is 24.3 Å². The highest BCUT2D eigenvalue weighted by molar-refractivity contribution is 5.78. The van der Waals surface area contributed by atoms with Gasteiger partial charge in [0.1, 0.15) is 5.75 Å². The number of nitrogens with zero attached hydrogens (tertiary/aromatic N) is 1. The average molecular weight is 274 g/mol. The van der Waals surface area contributed by atoms with Gasteiger partial charge in [-0.2, -0.15) is 5.26 Å². The molecular weight excluding hydrogens is 260 g/mol. The van der Waals surface area contributed by atoms with Gasteiger partial charge in [0.2, 0.25) is 0 Å². The largest absolute Gasteiger partial charge is 0.484 e. The summed E-state index contributed by atoms with van der Waals surface area (Å²) in [6.07, 6.45) is 0.940. The summed E-state index contributed by atoms with van der Waals surface area (Å²) in [4.78, 5) is 22.2. The molecule has 6 nitrogen and oxygen atoms in total. The predicted molar refractivity (Wildman–Crippen MR) is 68.9 cm³/mol. The molecule has 1 aromatic carbocycles. The fourth-order valence-corrected chi connectivity index (χ4v) is 1.98. The molecule has 20 heavy (non-hydrogen) atoms. The maximum atomic E-state index is 11.6. The number of nitrogens with one attached hydrogen (secondary N) is 1. The van der Waals surface area contributed by atoms with Gasteiger partial charge in [0.15, 0.2) is 6.61 Å². The number of rotatable bonds is 5. The standard InChI is InChI=1S/C14H14N2O4/c15-7-9-1-3-12(4-2-9)20-8-13(17)16-11-5-10(6-11)14(18)19/h1-4,10-11H,5-6,8H2,(H,16,17)(H,18,19). The van der Waals surface area contributed by atoms with Gasteiger partial charge in [-0.3, -0.25) is 9.59 Å². The number of hydrogen-bond acceptors (Lipinski definition) is 4. The lowest BCUT2D eigenvalue weighted by Crippen LogP contribution is -2.48. The van der Waals surface area contributed by atoms with Crippen LogP contribution < -0.4 is 10.1 Å². The van der Waals surface area contributed by atoms with E-state index < -0.39 is 5.97 Å². The smallest absolute Gasteiger partial charge is 0.306 e. The maximum absolute atomic E-state index is 11.6. The van der Waals surface area contributed by atoms with Crippen molar-refractivity contribution in [3.05, 3.63) is 29.8 Å². The zero-order valence-electron chi connectivity index (χ0n) is 10.7. The molecule has 0 aromatic heterocycles. The van der Waals surface area contributed by atoms with E-state index in [-0.39, 0.29) is 24.5 Å². The fourth-order valence-electron chi connectivity index (χ4n) is 1.98. The molecule has 1 saturated carbocycles. The lowest BCUT2D eigenvalue weighted by molar-refractivity contribution is -0.146. The summed E-state index contributed by atoms with van der Waals surface area (Å²) in [6, 6.07) is 8.37. The lowest BCUT2D eigenvalue weighted by Gasteiger charge is -2.32. The fraction of sp³-hybridized carbons (Fsp3) is 0.357. The second-order valence-corrected chi connectivity index (χ2v) is 4.70. The van der Waals surface area contributed by atoms with Gasteiger partial charge in [0.25, 0.3) is 5.91 Å². The Balaban J connectivity index is 1.70. The van der Waals surface area contributed by atoms with Crippen LogP contribution >= 0.6 is 0 Å². The van der Waals surface area contributed by atoms with Crippen molar-refractivity contribution in [1.82, 2.24) is 5.32 Å². The molecule has 6 heteroatoms. The van der Waals surface area contributed by atoms with Crippen molar-refractivity contribution < 1.29 is 19.4 Å².